The lowest BCUT2D eigenvalue weighted by atomic mass is 9.95. The van der Waals surface area contributed by atoms with Crippen molar-refractivity contribution in [3.63, 3.8) is 0 Å². The van der Waals surface area contributed by atoms with Gasteiger partial charge in [0.2, 0.25) is 5.91 Å². The second-order valence-electron chi connectivity index (χ2n) is 7.92. The molecule has 1 saturated heterocycles. The van der Waals surface area contributed by atoms with Crippen LogP contribution in [0, 0.1) is 6.92 Å². The molecule has 0 bridgehead atoms. The minimum absolute atomic E-state index is 0.174. The van der Waals surface area contributed by atoms with Crippen LogP contribution in [0.3, 0.4) is 0 Å². The minimum atomic E-state index is -4.51. The summed E-state index contributed by atoms with van der Waals surface area (Å²) in [6.07, 6.45) is 1.53. The molecule has 0 atom stereocenters. The van der Waals surface area contributed by atoms with Crippen molar-refractivity contribution in [1.82, 2.24) is 29.4 Å². The number of likely N-dealkylation sites (tertiary alicyclic amines) is 1. The Labute approximate surface area is 166 Å². The van der Waals surface area contributed by atoms with E-state index >= 15 is 0 Å². The summed E-state index contributed by atoms with van der Waals surface area (Å²) in [5, 5.41) is 12.3. The Balaban J connectivity index is 1.37. The molecule has 0 unspecified atom stereocenters. The lowest BCUT2D eigenvalue weighted by Gasteiger charge is -2.31. The van der Waals surface area contributed by atoms with Crippen LogP contribution < -0.4 is 0 Å². The Morgan fingerprint density at radius 3 is 2.59 bits per heavy atom. The average molecular weight is 410 g/mol. The number of nitrogens with zero attached hydrogens (tertiary/aromatic N) is 6. The fourth-order valence-corrected chi connectivity index (χ4v) is 4.23. The molecule has 2 aliphatic heterocycles. The van der Waals surface area contributed by atoms with Gasteiger partial charge in [-0.1, -0.05) is 6.42 Å². The minimum Gasteiger partial charge on any atom is -0.341 e. The number of carbonyl (C=O) groups is 1. The summed E-state index contributed by atoms with van der Waals surface area (Å²) in [6.45, 7) is 3.44. The fraction of sp³-hybridized carbons (Fsp3) is 0.684. The van der Waals surface area contributed by atoms with E-state index in [0.717, 1.165) is 61.0 Å². The Morgan fingerprint density at radius 2 is 1.90 bits per heavy atom. The molecule has 0 radical (unpaired) electrons. The summed E-state index contributed by atoms with van der Waals surface area (Å²) in [5.74, 6) is 2.14. The normalized spacial score (nSPS) is 18.6. The number of aromatic nitrogens is 5. The molecular weight excluding hydrogens is 385 g/mol. The number of aryl methyl sites for hydroxylation is 2. The summed E-state index contributed by atoms with van der Waals surface area (Å²) >= 11 is 0. The highest BCUT2D eigenvalue weighted by atomic mass is 19.4. The van der Waals surface area contributed by atoms with Gasteiger partial charge in [0.25, 0.3) is 0 Å². The topological polar surface area (TPSA) is 68.8 Å². The third-order valence-corrected chi connectivity index (χ3v) is 5.91. The quantitative estimate of drug-likeness (QED) is 0.780. The molecular formula is C19H25F3N6O. The van der Waals surface area contributed by atoms with E-state index in [1.165, 1.54) is 13.3 Å². The highest BCUT2D eigenvalue weighted by Crippen LogP contribution is 2.30. The molecule has 4 heterocycles. The third kappa shape index (κ3) is 4.16. The van der Waals surface area contributed by atoms with Gasteiger partial charge in [-0.05, 0) is 38.7 Å². The zero-order valence-corrected chi connectivity index (χ0v) is 16.5. The van der Waals surface area contributed by atoms with Crippen molar-refractivity contribution in [2.75, 3.05) is 13.1 Å². The SMILES string of the molecule is Cc1cc(C(F)(F)F)nn1CC(=O)N1CCC(c2nnc3n2CCCCC3)CC1. The maximum atomic E-state index is 12.8. The second kappa shape index (κ2) is 7.79. The van der Waals surface area contributed by atoms with Crippen molar-refractivity contribution in [3.05, 3.63) is 29.1 Å². The summed E-state index contributed by atoms with van der Waals surface area (Å²) in [6, 6.07) is 0.969. The number of halogens is 3. The Hall–Kier alpha value is -2.39. The fourth-order valence-electron chi connectivity index (χ4n) is 4.23. The summed E-state index contributed by atoms with van der Waals surface area (Å²) < 4.78 is 41.8. The number of amides is 1. The van der Waals surface area contributed by atoms with Crippen LogP contribution in [0.2, 0.25) is 0 Å². The summed E-state index contributed by atoms with van der Waals surface area (Å²) in [7, 11) is 0. The van der Waals surface area contributed by atoms with E-state index in [0.29, 0.717) is 18.8 Å². The molecule has 0 N–H and O–H groups in total. The summed E-state index contributed by atoms with van der Waals surface area (Å²) in [5.41, 5.74) is -0.638. The molecule has 0 spiro atoms. The van der Waals surface area contributed by atoms with Crippen LogP contribution in [0.15, 0.2) is 6.07 Å². The molecule has 7 nitrogen and oxygen atoms in total. The smallest absolute Gasteiger partial charge is 0.341 e. The van der Waals surface area contributed by atoms with Gasteiger partial charge in [-0.3, -0.25) is 9.48 Å². The van der Waals surface area contributed by atoms with Crippen molar-refractivity contribution >= 4 is 5.91 Å². The maximum Gasteiger partial charge on any atom is 0.435 e. The zero-order valence-electron chi connectivity index (χ0n) is 16.5. The number of piperidine rings is 1. The van der Waals surface area contributed by atoms with Crippen molar-refractivity contribution < 1.29 is 18.0 Å². The van der Waals surface area contributed by atoms with Gasteiger partial charge in [0.1, 0.15) is 18.2 Å². The predicted molar refractivity (Wildman–Crippen MR) is 98.1 cm³/mol. The molecule has 4 rings (SSSR count). The lowest BCUT2D eigenvalue weighted by Crippen LogP contribution is -2.40. The van der Waals surface area contributed by atoms with Gasteiger partial charge in [0, 0.05) is 37.7 Å². The Bertz CT molecular complexity index is 879. The van der Waals surface area contributed by atoms with Crippen molar-refractivity contribution in [1.29, 1.82) is 0 Å². The Morgan fingerprint density at radius 1 is 1.14 bits per heavy atom. The van der Waals surface area contributed by atoms with Gasteiger partial charge in [-0.2, -0.15) is 18.3 Å². The highest BCUT2D eigenvalue weighted by Gasteiger charge is 2.35. The molecule has 0 aliphatic carbocycles. The number of fused-ring (bicyclic) bond motifs is 1. The standard InChI is InChI=1S/C19H25F3N6O/c1-13-11-15(19(20,21)22)25-28(13)12-17(29)26-9-6-14(7-10-26)18-24-23-16-5-3-2-4-8-27(16)18/h11,14H,2-10,12H2,1H3. The first kappa shape index (κ1) is 19.9. The molecule has 29 heavy (non-hydrogen) atoms. The van der Waals surface area contributed by atoms with Crippen LogP contribution in [0.1, 0.15) is 61.1 Å². The van der Waals surface area contributed by atoms with Gasteiger partial charge < -0.3 is 9.47 Å². The molecule has 2 aliphatic rings. The number of carbonyl (C=O) groups excluding carboxylic acids is 1. The first-order valence-corrected chi connectivity index (χ1v) is 10.1. The zero-order chi connectivity index (χ0) is 20.6. The van der Waals surface area contributed by atoms with Crippen LogP contribution >= 0.6 is 0 Å². The number of rotatable bonds is 3. The second-order valence-corrected chi connectivity index (χ2v) is 7.92. The monoisotopic (exact) mass is 410 g/mol. The van der Waals surface area contributed by atoms with Crippen LogP contribution in [-0.4, -0.2) is 48.4 Å². The van der Waals surface area contributed by atoms with Crippen molar-refractivity contribution in [2.45, 2.75) is 70.6 Å². The molecule has 2 aromatic rings. The van der Waals surface area contributed by atoms with Crippen LogP contribution in [-0.2, 0) is 30.5 Å². The Kier molecular flexibility index (Phi) is 5.35. The molecule has 2 aromatic heterocycles. The van der Waals surface area contributed by atoms with Crippen LogP contribution in [0.5, 0.6) is 0 Å². The van der Waals surface area contributed by atoms with E-state index in [-0.39, 0.29) is 18.4 Å². The van der Waals surface area contributed by atoms with Gasteiger partial charge >= 0.3 is 6.18 Å². The number of alkyl halides is 3. The van der Waals surface area contributed by atoms with E-state index in [1.807, 2.05) is 0 Å². The van der Waals surface area contributed by atoms with Gasteiger partial charge in [-0.15, -0.1) is 10.2 Å². The molecule has 0 saturated carbocycles. The molecule has 10 heteroatoms. The van der Waals surface area contributed by atoms with Crippen molar-refractivity contribution in [3.8, 4) is 0 Å². The van der Waals surface area contributed by atoms with Gasteiger partial charge in [0.05, 0.1) is 0 Å². The van der Waals surface area contributed by atoms with Gasteiger partial charge in [0.15, 0.2) is 5.69 Å². The first-order chi connectivity index (χ1) is 13.8. The van der Waals surface area contributed by atoms with E-state index in [9.17, 15) is 18.0 Å². The number of hydrogen-bond donors (Lipinski definition) is 0. The average Bonchev–Trinajstić information content (AvgIpc) is 3.17. The first-order valence-electron chi connectivity index (χ1n) is 10.1. The largest absolute Gasteiger partial charge is 0.435 e. The van der Waals surface area contributed by atoms with Gasteiger partial charge in [-0.25, -0.2) is 0 Å². The lowest BCUT2D eigenvalue weighted by molar-refractivity contribution is -0.142. The predicted octanol–water partition coefficient (Wildman–Crippen LogP) is 2.93. The summed E-state index contributed by atoms with van der Waals surface area (Å²) in [4.78, 5) is 14.3. The molecule has 1 amide bonds. The number of hydrogen-bond acceptors (Lipinski definition) is 4. The third-order valence-electron chi connectivity index (χ3n) is 5.91. The molecule has 1 fully saturated rings. The van der Waals surface area contributed by atoms with Crippen LogP contribution in [0.25, 0.3) is 0 Å². The van der Waals surface area contributed by atoms with E-state index in [4.69, 9.17) is 0 Å². The molecule has 158 valence electrons. The maximum absolute atomic E-state index is 12.8. The van der Waals surface area contributed by atoms with E-state index in [2.05, 4.69) is 19.9 Å². The van der Waals surface area contributed by atoms with E-state index < -0.39 is 11.9 Å². The van der Waals surface area contributed by atoms with Crippen molar-refractivity contribution in [2.24, 2.45) is 0 Å². The highest BCUT2D eigenvalue weighted by molar-refractivity contribution is 5.76. The van der Waals surface area contributed by atoms with E-state index in [1.54, 1.807) is 4.90 Å². The van der Waals surface area contributed by atoms with Crippen LogP contribution in [0.4, 0.5) is 13.2 Å². The molecule has 0 aromatic carbocycles.